The molecule has 0 saturated carbocycles. The number of alkyl halides is 1. The normalized spacial score (nSPS) is 11.2. The predicted molar refractivity (Wildman–Crippen MR) is 113 cm³/mol. The first-order valence-corrected chi connectivity index (χ1v) is 9.22. The molecular weight excluding hydrogens is 347 g/mol. The van der Waals surface area contributed by atoms with Crippen LogP contribution in [0.5, 0.6) is 0 Å². The minimum atomic E-state index is -0.470. The molecule has 0 bridgehead atoms. The summed E-state index contributed by atoms with van der Waals surface area (Å²) in [5.41, 5.74) is 6.73. The molecule has 5 aromatic rings. The average Bonchev–Trinajstić information content (AvgIpc) is 2.78. The molecule has 2 heterocycles. The largest absolute Gasteiger partial charge is 0.254 e. The fraction of sp³-hybridized carbons (Fsp3) is 0.0400. The van der Waals surface area contributed by atoms with Gasteiger partial charge in [-0.2, -0.15) is 0 Å². The van der Waals surface area contributed by atoms with E-state index >= 15 is 0 Å². The smallest absolute Gasteiger partial charge is 0.115 e. The summed E-state index contributed by atoms with van der Waals surface area (Å²) in [6.07, 6.45) is 3.64. The molecule has 0 atom stereocenters. The van der Waals surface area contributed by atoms with Crippen molar-refractivity contribution in [1.82, 2.24) is 9.97 Å². The molecule has 0 N–H and O–H groups in total. The fourth-order valence-electron chi connectivity index (χ4n) is 3.77. The second kappa shape index (κ2) is 6.86. The van der Waals surface area contributed by atoms with Gasteiger partial charge in [0.25, 0.3) is 0 Å². The van der Waals surface area contributed by atoms with Gasteiger partial charge in [0.2, 0.25) is 0 Å². The van der Waals surface area contributed by atoms with Gasteiger partial charge in [0.05, 0.1) is 11.0 Å². The Kier molecular flexibility index (Phi) is 4.06. The topological polar surface area (TPSA) is 25.8 Å². The van der Waals surface area contributed by atoms with E-state index in [0.717, 1.165) is 44.1 Å². The molecule has 0 amide bonds. The second-order valence-corrected chi connectivity index (χ2v) is 6.77. The number of hydrogen-bond acceptors (Lipinski definition) is 2. The highest BCUT2D eigenvalue weighted by atomic mass is 19.1. The molecule has 0 aliphatic heterocycles. The molecule has 2 nitrogen and oxygen atoms in total. The van der Waals surface area contributed by atoms with Gasteiger partial charge in [-0.1, -0.05) is 60.7 Å². The molecule has 0 spiro atoms. The molecular formula is C25H17FN2. The minimum Gasteiger partial charge on any atom is -0.254 e. The van der Waals surface area contributed by atoms with Crippen molar-refractivity contribution in [3.8, 4) is 22.3 Å². The molecule has 28 heavy (non-hydrogen) atoms. The van der Waals surface area contributed by atoms with Gasteiger partial charge in [0.1, 0.15) is 6.67 Å². The van der Waals surface area contributed by atoms with E-state index in [4.69, 9.17) is 0 Å². The zero-order valence-electron chi connectivity index (χ0n) is 15.1. The summed E-state index contributed by atoms with van der Waals surface area (Å²) < 4.78 is 13.1. The van der Waals surface area contributed by atoms with Crippen LogP contribution in [0.25, 0.3) is 44.1 Å². The van der Waals surface area contributed by atoms with Gasteiger partial charge in [0, 0.05) is 23.2 Å². The number of hydrogen-bond donors (Lipinski definition) is 0. The van der Waals surface area contributed by atoms with Gasteiger partial charge >= 0.3 is 0 Å². The van der Waals surface area contributed by atoms with Crippen LogP contribution in [0.3, 0.4) is 0 Å². The summed E-state index contributed by atoms with van der Waals surface area (Å²) in [7, 11) is 0. The van der Waals surface area contributed by atoms with E-state index in [1.54, 1.807) is 12.3 Å². The van der Waals surface area contributed by atoms with Gasteiger partial charge in [-0.3, -0.25) is 9.97 Å². The summed E-state index contributed by atoms with van der Waals surface area (Å²) in [4.78, 5) is 9.28. The van der Waals surface area contributed by atoms with Gasteiger partial charge < -0.3 is 0 Å². The third-order valence-electron chi connectivity index (χ3n) is 5.10. The monoisotopic (exact) mass is 364 g/mol. The molecule has 3 aromatic carbocycles. The van der Waals surface area contributed by atoms with Gasteiger partial charge in [-0.05, 0) is 46.0 Å². The third-order valence-corrected chi connectivity index (χ3v) is 5.10. The quantitative estimate of drug-likeness (QED) is 0.338. The third kappa shape index (κ3) is 2.72. The zero-order valence-corrected chi connectivity index (χ0v) is 15.1. The van der Waals surface area contributed by atoms with Crippen molar-refractivity contribution < 1.29 is 4.39 Å². The van der Waals surface area contributed by atoms with Gasteiger partial charge in [-0.25, -0.2) is 4.39 Å². The highest BCUT2D eigenvalue weighted by molar-refractivity contribution is 6.11. The molecule has 0 fully saturated rings. The van der Waals surface area contributed by atoms with Gasteiger partial charge in [-0.15, -0.1) is 0 Å². The standard InChI is InChI=1S/C25H17FN2/c26-16-17-5-4-8-19(15-17)21-12-14-28-25-23(21)10-9-22-20(11-13-27-24(22)25)18-6-2-1-3-7-18/h1-15H,16H2. The van der Waals surface area contributed by atoms with Crippen molar-refractivity contribution in [3.05, 3.63) is 96.8 Å². The van der Waals surface area contributed by atoms with Crippen molar-refractivity contribution in [2.75, 3.05) is 0 Å². The maximum Gasteiger partial charge on any atom is 0.115 e. The number of pyridine rings is 2. The van der Waals surface area contributed by atoms with Crippen molar-refractivity contribution in [2.45, 2.75) is 6.67 Å². The Morgan fingerprint density at radius 2 is 1.21 bits per heavy atom. The zero-order chi connectivity index (χ0) is 18.9. The molecule has 0 radical (unpaired) electrons. The summed E-state index contributed by atoms with van der Waals surface area (Å²) >= 11 is 0. The molecule has 0 saturated heterocycles. The lowest BCUT2D eigenvalue weighted by molar-refractivity contribution is 0.485. The Morgan fingerprint density at radius 3 is 1.86 bits per heavy atom. The number of benzene rings is 3. The van der Waals surface area contributed by atoms with Crippen LogP contribution in [0.15, 0.2) is 91.3 Å². The van der Waals surface area contributed by atoms with Crippen molar-refractivity contribution in [2.24, 2.45) is 0 Å². The van der Waals surface area contributed by atoms with Crippen molar-refractivity contribution in [1.29, 1.82) is 0 Å². The SMILES string of the molecule is FCc1cccc(-c2ccnc3c2ccc2c(-c4ccccc4)ccnc23)c1. The Hall–Kier alpha value is -3.59. The van der Waals surface area contributed by atoms with E-state index in [1.807, 2.05) is 54.7 Å². The predicted octanol–water partition coefficient (Wildman–Crippen LogP) is 6.59. The summed E-state index contributed by atoms with van der Waals surface area (Å²) in [5.74, 6) is 0. The van der Waals surface area contributed by atoms with E-state index in [1.165, 1.54) is 0 Å². The summed E-state index contributed by atoms with van der Waals surface area (Å²) in [6, 6.07) is 26.1. The van der Waals surface area contributed by atoms with E-state index in [9.17, 15) is 4.39 Å². The highest BCUT2D eigenvalue weighted by Crippen LogP contribution is 2.35. The molecule has 5 rings (SSSR count). The molecule has 0 unspecified atom stereocenters. The van der Waals surface area contributed by atoms with E-state index in [0.29, 0.717) is 5.56 Å². The Balaban J connectivity index is 1.78. The molecule has 0 aliphatic rings. The van der Waals surface area contributed by atoms with Crippen molar-refractivity contribution >= 4 is 21.8 Å². The lowest BCUT2D eigenvalue weighted by Gasteiger charge is -2.11. The first kappa shape index (κ1) is 16.6. The van der Waals surface area contributed by atoms with Crippen LogP contribution in [0.4, 0.5) is 4.39 Å². The van der Waals surface area contributed by atoms with Crippen LogP contribution < -0.4 is 0 Å². The second-order valence-electron chi connectivity index (χ2n) is 6.77. The lowest BCUT2D eigenvalue weighted by Crippen LogP contribution is -1.91. The Morgan fingerprint density at radius 1 is 0.607 bits per heavy atom. The van der Waals surface area contributed by atoms with Gasteiger partial charge in [0.15, 0.2) is 0 Å². The first-order chi connectivity index (χ1) is 13.8. The number of aromatic nitrogens is 2. The highest BCUT2D eigenvalue weighted by Gasteiger charge is 2.12. The van der Waals surface area contributed by atoms with Crippen LogP contribution in [0, 0.1) is 0 Å². The maximum absolute atomic E-state index is 13.1. The van der Waals surface area contributed by atoms with E-state index in [2.05, 4.69) is 34.2 Å². The number of nitrogens with zero attached hydrogens (tertiary/aromatic N) is 2. The van der Waals surface area contributed by atoms with Crippen LogP contribution in [0.1, 0.15) is 5.56 Å². The fourth-order valence-corrected chi connectivity index (χ4v) is 3.77. The molecule has 134 valence electrons. The number of rotatable bonds is 3. The average molecular weight is 364 g/mol. The Bertz CT molecular complexity index is 1300. The number of fused-ring (bicyclic) bond motifs is 3. The van der Waals surface area contributed by atoms with Crippen LogP contribution in [-0.4, -0.2) is 9.97 Å². The molecule has 2 aromatic heterocycles. The lowest BCUT2D eigenvalue weighted by atomic mass is 9.96. The Labute approximate surface area is 162 Å². The van der Waals surface area contributed by atoms with E-state index < -0.39 is 6.67 Å². The first-order valence-electron chi connectivity index (χ1n) is 9.22. The maximum atomic E-state index is 13.1. The van der Waals surface area contributed by atoms with Crippen LogP contribution in [0.2, 0.25) is 0 Å². The number of halogens is 1. The molecule has 3 heteroatoms. The van der Waals surface area contributed by atoms with Crippen LogP contribution in [-0.2, 0) is 6.67 Å². The van der Waals surface area contributed by atoms with E-state index in [-0.39, 0.29) is 0 Å². The minimum absolute atomic E-state index is 0.470. The summed E-state index contributed by atoms with van der Waals surface area (Å²) in [6.45, 7) is -0.470. The molecule has 0 aliphatic carbocycles. The summed E-state index contributed by atoms with van der Waals surface area (Å²) in [5, 5.41) is 2.09. The van der Waals surface area contributed by atoms with Crippen molar-refractivity contribution in [3.63, 3.8) is 0 Å². The van der Waals surface area contributed by atoms with Crippen LogP contribution >= 0.6 is 0 Å².